The summed E-state index contributed by atoms with van der Waals surface area (Å²) in [7, 11) is 0. The van der Waals surface area contributed by atoms with Crippen molar-refractivity contribution < 1.29 is 9.90 Å². The summed E-state index contributed by atoms with van der Waals surface area (Å²) in [5, 5.41) is 13.7. The van der Waals surface area contributed by atoms with Gasteiger partial charge in [-0.3, -0.25) is 0 Å². The fraction of sp³-hybridized carbons (Fsp3) is 0.538. The summed E-state index contributed by atoms with van der Waals surface area (Å²) in [6.07, 6.45) is 5.09. The first kappa shape index (κ1) is 12.8. The number of carboxylic acids is 1. The molecule has 0 bridgehead atoms. The Morgan fingerprint density at radius 3 is 3.05 bits per heavy atom. The van der Waals surface area contributed by atoms with E-state index in [1.165, 1.54) is 6.33 Å². The minimum Gasteiger partial charge on any atom is -0.480 e. The Bertz CT molecular complexity index is 639. The van der Waals surface area contributed by atoms with Gasteiger partial charge in [-0.1, -0.05) is 12.8 Å². The van der Waals surface area contributed by atoms with Crippen molar-refractivity contribution in [2.75, 3.05) is 11.4 Å². The van der Waals surface area contributed by atoms with Crippen LogP contribution in [0.15, 0.2) is 12.4 Å². The Hall–Kier alpha value is -2.18. The van der Waals surface area contributed by atoms with Gasteiger partial charge in [-0.05, 0) is 19.8 Å². The Morgan fingerprint density at radius 1 is 1.40 bits per heavy atom. The van der Waals surface area contributed by atoms with E-state index in [1.54, 1.807) is 4.52 Å². The zero-order valence-corrected chi connectivity index (χ0v) is 11.4. The normalized spacial score (nSPS) is 20.1. The molecule has 0 spiro atoms. The Balaban J connectivity index is 2.10. The fourth-order valence-electron chi connectivity index (χ4n) is 2.76. The van der Waals surface area contributed by atoms with Gasteiger partial charge in [-0.2, -0.15) is 14.6 Å². The summed E-state index contributed by atoms with van der Waals surface area (Å²) in [5.41, 5.74) is 0.814. The molecule has 7 nitrogen and oxygen atoms in total. The van der Waals surface area contributed by atoms with Crippen LogP contribution in [0.2, 0.25) is 0 Å². The van der Waals surface area contributed by atoms with Crippen LogP contribution in [0.1, 0.15) is 31.4 Å². The quantitative estimate of drug-likeness (QED) is 0.888. The standard InChI is InChI=1S/C13H17N5O2/c1-9-7-11(18-13(16-9)14-8-15-18)17-6-4-2-3-5-10(17)12(19)20/h7-8,10H,2-6H2,1H3,(H,19,20). The highest BCUT2D eigenvalue weighted by atomic mass is 16.4. The van der Waals surface area contributed by atoms with Crippen molar-refractivity contribution in [3.05, 3.63) is 18.1 Å². The van der Waals surface area contributed by atoms with Gasteiger partial charge in [0, 0.05) is 18.3 Å². The van der Waals surface area contributed by atoms with E-state index in [-0.39, 0.29) is 0 Å². The van der Waals surface area contributed by atoms with Crippen molar-refractivity contribution in [1.29, 1.82) is 0 Å². The van der Waals surface area contributed by atoms with Gasteiger partial charge in [0.05, 0.1) is 0 Å². The van der Waals surface area contributed by atoms with Crippen LogP contribution in [0, 0.1) is 6.92 Å². The highest BCUT2D eigenvalue weighted by Gasteiger charge is 2.29. The lowest BCUT2D eigenvalue weighted by atomic mass is 10.1. The minimum atomic E-state index is -0.783. The third-order valence-corrected chi connectivity index (χ3v) is 3.69. The van der Waals surface area contributed by atoms with Crippen molar-refractivity contribution in [2.24, 2.45) is 0 Å². The number of carboxylic acid groups (broad SMARTS) is 1. The minimum absolute atomic E-state index is 0.508. The monoisotopic (exact) mass is 275 g/mol. The van der Waals surface area contributed by atoms with E-state index in [9.17, 15) is 9.90 Å². The molecule has 1 unspecified atom stereocenters. The molecule has 7 heteroatoms. The van der Waals surface area contributed by atoms with Gasteiger partial charge < -0.3 is 10.0 Å². The summed E-state index contributed by atoms with van der Waals surface area (Å²) >= 11 is 0. The number of fused-ring (bicyclic) bond motifs is 1. The van der Waals surface area contributed by atoms with E-state index in [0.717, 1.165) is 37.3 Å². The smallest absolute Gasteiger partial charge is 0.326 e. The number of anilines is 1. The van der Waals surface area contributed by atoms with Crippen LogP contribution in [-0.2, 0) is 4.79 Å². The number of carbonyl (C=O) groups is 1. The lowest BCUT2D eigenvalue weighted by Crippen LogP contribution is -2.42. The number of aliphatic carboxylic acids is 1. The molecule has 1 atom stereocenters. The molecule has 2 aromatic rings. The second kappa shape index (κ2) is 5.07. The zero-order chi connectivity index (χ0) is 14.1. The van der Waals surface area contributed by atoms with E-state index >= 15 is 0 Å². The van der Waals surface area contributed by atoms with Gasteiger partial charge in [-0.25, -0.2) is 9.78 Å². The summed E-state index contributed by atoms with van der Waals surface area (Å²) in [5.74, 6) is 0.488. The maximum absolute atomic E-state index is 11.5. The van der Waals surface area contributed by atoms with Gasteiger partial charge in [0.2, 0.25) is 0 Å². The van der Waals surface area contributed by atoms with Crippen LogP contribution in [0.3, 0.4) is 0 Å². The molecule has 3 rings (SSSR count). The number of hydrogen-bond donors (Lipinski definition) is 1. The molecular formula is C13H17N5O2. The molecule has 0 saturated carbocycles. The average Bonchev–Trinajstić information content (AvgIpc) is 2.73. The van der Waals surface area contributed by atoms with Crippen molar-refractivity contribution in [3.8, 4) is 0 Å². The van der Waals surface area contributed by atoms with Crippen LogP contribution >= 0.6 is 0 Å². The summed E-state index contributed by atoms with van der Waals surface area (Å²) in [4.78, 5) is 21.9. The summed E-state index contributed by atoms with van der Waals surface area (Å²) in [6, 6.07) is 1.37. The maximum atomic E-state index is 11.5. The van der Waals surface area contributed by atoms with E-state index < -0.39 is 12.0 Å². The molecular weight excluding hydrogens is 258 g/mol. The Labute approximate surface area is 116 Å². The molecule has 2 aromatic heterocycles. The zero-order valence-electron chi connectivity index (χ0n) is 11.4. The highest BCUT2D eigenvalue weighted by molar-refractivity contribution is 5.78. The first-order valence-corrected chi connectivity index (χ1v) is 6.83. The SMILES string of the molecule is Cc1cc(N2CCCCCC2C(=O)O)n2ncnc2n1. The van der Waals surface area contributed by atoms with Gasteiger partial charge in [-0.15, -0.1) is 0 Å². The van der Waals surface area contributed by atoms with Crippen LogP contribution < -0.4 is 4.90 Å². The molecule has 0 amide bonds. The molecule has 20 heavy (non-hydrogen) atoms. The first-order chi connectivity index (χ1) is 9.66. The van der Waals surface area contributed by atoms with E-state index in [1.807, 2.05) is 17.9 Å². The number of rotatable bonds is 2. The lowest BCUT2D eigenvalue weighted by molar-refractivity contribution is -0.138. The van der Waals surface area contributed by atoms with Gasteiger partial charge in [0.15, 0.2) is 0 Å². The second-order valence-electron chi connectivity index (χ2n) is 5.12. The highest BCUT2D eigenvalue weighted by Crippen LogP contribution is 2.24. The topological polar surface area (TPSA) is 83.6 Å². The van der Waals surface area contributed by atoms with E-state index in [2.05, 4.69) is 15.1 Å². The third-order valence-electron chi connectivity index (χ3n) is 3.69. The van der Waals surface area contributed by atoms with Crippen LogP contribution in [0.25, 0.3) is 5.78 Å². The maximum Gasteiger partial charge on any atom is 0.326 e. The Kier molecular flexibility index (Phi) is 3.25. The first-order valence-electron chi connectivity index (χ1n) is 6.83. The molecule has 0 aromatic carbocycles. The van der Waals surface area contributed by atoms with Crippen molar-refractivity contribution in [2.45, 2.75) is 38.6 Å². The number of aryl methyl sites for hydroxylation is 1. The number of aromatic nitrogens is 4. The van der Waals surface area contributed by atoms with Crippen molar-refractivity contribution >= 4 is 17.6 Å². The van der Waals surface area contributed by atoms with Crippen molar-refractivity contribution in [1.82, 2.24) is 19.6 Å². The van der Waals surface area contributed by atoms with Gasteiger partial charge in [0.1, 0.15) is 18.2 Å². The molecule has 106 valence electrons. The van der Waals surface area contributed by atoms with E-state index in [4.69, 9.17) is 0 Å². The predicted molar refractivity (Wildman–Crippen MR) is 72.8 cm³/mol. The van der Waals surface area contributed by atoms with Crippen molar-refractivity contribution in [3.63, 3.8) is 0 Å². The molecule has 1 fully saturated rings. The molecule has 0 radical (unpaired) electrons. The number of nitrogens with zero attached hydrogens (tertiary/aromatic N) is 5. The Morgan fingerprint density at radius 2 is 2.25 bits per heavy atom. The second-order valence-corrected chi connectivity index (χ2v) is 5.12. The van der Waals surface area contributed by atoms with Gasteiger partial charge in [0.25, 0.3) is 5.78 Å². The third kappa shape index (κ3) is 2.19. The van der Waals surface area contributed by atoms with Crippen LogP contribution in [0.5, 0.6) is 0 Å². The fourth-order valence-corrected chi connectivity index (χ4v) is 2.76. The molecule has 1 N–H and O–H groups in total. The number of hydrogen-bond acceptors (Lipinski definition) is 5. The summed E-state index contributed by atoms with van der Waals surface area (Å²) < 4.78 is 1.62. The predicted octanol–water partition coefficient (Wildman–Crippen LogP) is 1.27. The summed E-state index contributed by atoms with van der Waals surface area (Å²) in [6.45, 7) is 2.60. The molecule has 1 aliphatic heterocycles. The molecule has 1 saturated heterocycles. The van der Waals surface area contributed by atoms with Crippen LogP contribution in [-0.4, -0.2) is 43.2 Å². The van der Waals surface area contributed by atoms with Crippen LogP contribution in [0.4, 0.5) is 5.82 Å². The molecule has 0 aliphatic carbocycles. The van der Waals surface area contributed by atoms with E-state index in [0.29, 0.717) is 12.2 Å². The van der Waals surface area contributed by atoms with Gasteiger partial charge >= 0.3 is 5.97 Å². The molecule has 3 heterocycles. The largest absolute Gasteiger partial charge is 0.480 e. The average molecular weight is 275 g/mol. The lowest BCUT2D eigenvalue weighted by Gasteiger charge is -2.29. The molecule has 1 aliphatic rings.